The van der Waals surface area contributed by atoms with Crippen LogP contribution in [0.4, 0.5) is 0 Å². The number of hydrogen-bond donors (Lipinski definition) is 1. The molecule has 0 amide bonds. The minimum Gasteiger partial charge on any atom is -0.330 e. The monoisotopic (exact) mass is 269 g/mol. The van der Waals surface area contributed by atoms with Crippen LogP contribution >= 0.6 is 0 Å². The van der Waals surface area contributed by atoms with Crippen LogP contribution < -0.4 is 5.73 Å². The van der Waals surface area contributed by atoms with Crippen molar-refractivity contribution in [2.75, 3.05) is 6.54 Å². The highest BCUT2D eigenvalue weighted by atomic mass is 15.1. The predicted octanol–water partition coefficient (Wildman–Crippen LogP) is 3.09. The van der Waals surface area contributed by atoms with Crippen LogP contribution in [0.2, 0.25) is 0 Å². The van der Waals surface area contributed by atoms with Gasteiger partial charge in [-0.2, -0.15) is 0 Å². The van der Waals surface area contributed by atoms with Crippen molar-refractivity contribution in [1.82, 2.24) is 9.55 Å². The van der Waals surface area contributed by atoms with E-state index in [1.54, 1.807) is 0 Å². The van der Waals surface area contributed by atoms with Crippen molar-refractivity contribution in [3.05, 3.63) is 53.6 Å². The lowest BCUT2D eigenvalue weighted by molar-refractivity contribution is 0.596. The minimum atomic E-state index is 0.644. The van der Waals surface area contributed by atoms with Crippen LogP contribution in [-0.4, -0.2) is 16.1 Å². The Bertz CT molecular complexity index is 539. The third kappa shape index (κ3) is 2.78. The Morgan fingerprint density at radius 2 is 1.90 bits per heavy atom. The first-order valence-electron chi connectivity index (χ1n) is 7.67. The number of aromatic nitrogens is 2. The number of imidazole rings is 1. The lowest BCUT2D eigenvalue weighted by Gasteiger charge is -2.15. The van der Waals surface area contributed by atoms with Crippen LogP contribution in [0.5, 0.6) is 0 Å². The van der Waals surface area contributed by atoms with E-state index in [1.165, 1.54) is 42.8 Å². The van der Waals surface area contributed by atoms with E-state index in [4.69, 9.17) is 10.7 Å². The molecule has 2 N–H and O–H groups in total. The van der Waals surface area contributed by atoms with Gasteiger partial charge in [-0.15, -0.1) is 0 Å². The first-order chi connectivity index (χ1) is 9.88. The normalized spacial score (nSPS) is 15.8. The molecule has 0 bridgehead atoms. The third-order valence-corrected chi connectivity index (χ3v) is 4.27. The highest BCUT2D eigenvalue weighted by Crippen LogP contribution is 2.34. The molecule has 0 atom stereocenters. The summed E-state index contributed by atoms with van der Waals surface area (Å²) in [5.41, 5.74) is 8.36. The number of nitrogens with zero attached hydrogens (tertiary/aromatic N) is 2. The Kier molecular flexibility index (Phi) is 4.16. The van der Waals surface area contributed by atoms with Gasteiger partial charge in [-0.05, 0) is 24.9 Å². The summed E-state index contributed by atoms with van der Waals surface area (Å²) < 4.78 is 2.40. The lowest BCUT2D eigenvalue weighted by atomic mass is 10.1. The zero-order chi connectivity index (χ0) is 13.8. The summed E-state index contributed by atoms with van der Waals surface area (Å²) in [7, 11) is 0. The van der Waals surface area contributed by atoms with Crippen molar-refractivity contribution in [1.29, 1.82) is 0 Å². The first kappa shape index (κ1) is 13.4. The third-order valence-electron chi connectivity index (χ3n) is 4.27. The van der Waals surface area contributed by atoms with Gasteiger partial charge in [0.1, 0.15) is 5.82 Å². The average molecular weight is 269 g/mol. The van der Waals surface area contributed by atoms with Crippen LogP contribution in [-0.2, 0) is 13.0 Å². The van der Waals surface area contributed by atoms with Crippen LogP contribution in [0, 0.1) is 0 Å². The molecule has 3 nitrogen and oxygen atoms in total. The number of benzene rings is 1. The molecule has 1 aromatic heterocycles. The van der Waals surface area contributed by atoms with Crippen molar-refractivity contribution in [3.63, 3.8) is 0 Å². The Morgan fingerprint density at radius 3 is 2.60 bits per heavy atom. The van der Waals surface area contributed by atoms with Crippen molar-refractivity contribution >= 4 is 0 Å². The molecule has 1 aromatic carbocycles. The maximum Gasteiger partial charge on any atom is 0.112 e. The van der Waals surface area contributed by atoms with Gasteiger partial charge in [-0.25, -0.2) is 4.98 Å². The first-order valence-corrected chi connectivity index (χ1v) is 7.67. The van der Waals surface area contributed by atoms with E-state index < -0.39 is 0 Å². The van der Waals surface area contributed by atoms with Crippen LogP contribution in [0.25, 0.3) is 0 Å². The summed E-state index contributed by atoms with van der Waals surface area (Å²) in [6, 6.07) is 10.6. The van der Waals surface area contributed by atoms with Gasteiger partial charge in [0.15, 0.2) is 0 Å². The fraction of sp³-hybridized carbons (Fsp3) is 0.471. The molecule has 1 saturated carbocycles. The Hall–Kier alpha value is -1.61. The standard InChI is InChI=1S/C17H23N3/c18-11-10-16-12-19-17(15-8-4-5-9-15)20(16)13-14-6-2-1-3-7-14/h1-3,6-7,12,15H,4-5,8-11,13,18H2. The highest BCUT2D eigenvalue weighted by Gasteiger charge is 2.23. The maximum absolute atomic E-state index is 5.74. The quantitative estimate of drug-likeness (QED) is 0.906. The molecule has 3 rings (SSSR count). The van der Waals surface area contributed by atoms with Crippen LogP contribution in [0.3, 0.4) is 0 Å². The van der Waals surface area contributed by atoms with Crippen LogP contribution in [0.15, 0.2) is 36.5 Å². The second-order valence-corrected chi connectivity index (χ2v) is 5.70. The fourth-order valence-corrected chi connectivity index (χ4v) is 3.23. The van der Waals surface area contributed by atoms with Crippen molar-refractivity contribution in [2.45, 2.75) is 44.6 Å². The molecule has 0 spiro atoms. The van der Waals surface area contributed by atoms with E-state index in [0.29, 0.717) is 12.5 Å². The van der Waals surface area contributed by atoms with E-state index in [0.717, 1.165) is 13.0 Å². The van der Waals surface area contributed by atoms with E-state index in [9.17, 15) is 0 Å². The van der Waals surface area contributed by atoms with Gasteiger partial charge < -0.3 is 10.3 Å². The summed E-state index contributed by atoms with van der Waals surface area (Å²) in [6.07, 6.45) is 8.20. The van der Waals surface area contributed by atoms with E-state index in [2.05, 4.69) is 34.9 Å². The van der Waals surface area contributed by atoms with Gasteiger partial charge in [0.25, 0.3) is 0 Å². The zero-order valence-corrected chi connectivity index (χ0v) is 12.0. The molecule has 0 saturated heterocycles. The number of nitrogens with two attached hydrogens (primary N) is 1. The SMILES string of the molecule is NCCc1cnc(C2CCCC2)n1Cc1ccccc1. The van der Waals surface area contributed by atoms with Crippen molar-refractivity contribution < 1.29 is 0 Å². The fourth-order valence-electron chi connectivity index (χ4n) is 3.23. The van der Waals surface area contributed by atoms with Gasteiger partial charge in [0, 0.05) is 30.8 Å². The van der Waals surface area contributed by atoms with Gasteiger partial charge in [0.2, 0.25) is 0 Å². The average Bonchev–Trinajstić information content (AvgIpc) is 3.11. The highest BCUT2D eigenvalue weighted by molar-refractivity contribution is 5.19. The number of hydrogen-bond acceptors (Lipinski definition) is 2. The molecule has 1 heterocycles. The van der Waals surface area contributed by atoms with Crippen molar-refractivity contribution in [3.8, 4) is 0 Å². The van der Waals surface area contributed by atoms with E-state index >= 15 is 0 Å². The molecule has 0 aliphatic heterocycles. The Labute approximate surface area is 120 Å². The van der Waals surface area contributed by atoms with Crippen LogP contribution in [0.1, 0.15) is 48.7 Å². The Balaban J connectivity index is 1.90. The van der Waals surface area contributed by atoms with Gasteiger partial charge in [0.05, 0.1) is 0 Å². The molecule has 20 heavy (non-hydrogen) atoms. The number of rotatable bonds is 5. The molecule has 1 aliphatic rings. The minimum absolute atomic E-state index is 0.644. The van der Waals surface area contributed by atoms with E-state index in [-0.39, 0.29) is 0 Å². The molecule has 1 fully saturated rings. The largest absolute Gasteiger partial charge is 0.330 e. The lowest BCUT2D eigenvalue weighted by Crippen LogP contribution is -2.14. The van der Waals surface area contributed by atoms with E-state index in [1.807, 2.05) is 6.20 Å². The molecular formula is C17H23N3. The van der Waals surface area contributed by atoms with Gasteiger partial charge in [-0.3, -0.25) is 0 Å². The molecule has 2 aromatic rings. The summed E-state index contributed by atoms with van der Waals surface area (Å²) >= 11 is 0. The van der Waals surface area contributed by atoms with Gasteiger partial charge >= 0.3 is 0 Å². The molecule has 0 unspecified atom stereocenters. The zero-order valence-electron chi connectivity index (χ0n) is 12.0. The molecule has 106 valence electrons. The van der Waals surface area contributed by atoms with Crippen molar-refractivity contribution in [2.24, 2.45) is 5.73 Å². The molecular weight excluding hydrogens is 246 g/mol. The summed E-state index contributed by atoms with van der Waals surface area (Å²) in [5.74, 6) is 1.92. The molecule has 0 radical (unpaired) electrons. The smallest absolute Gasteiger partial charge is 0.112 e. The second kappa shape index (κ2) is 6.23. The predicted molar refractivity (Wildman–Crippen MR) is 81.7 cm³/mol. The molecule has 1 aliphatic carbocycles. The summed E-state index contributed by atoms with van der Waals surface area (Å²) in [6.45, 7) is 1.60. The van der Waals surface area contributed by atoms with Gasteiger partial charge in [-0.1, -0.05) is 43.2 Å². The summed E-state index contributed by atoms with van der Waals surface area (Å²) in [4.78, 5) is 4.72. The molecule has 3 heteroatoms. The topological polar surface area (TPSA) is 43.8 Å². The summed E-state index contributed by atoms with van der Waals surface area (Å²) in [5, 5.41) is 0. The maximum atomic E-state index is 5.74. The second-order valence-electron chi connectivity index (χ2n) is 5.70. The Morgan fingerprint density at radius 1 is 1.15 bits per heavy atom.